The van der Waals surface area contributed by atoms with Crippen molar-refractivity contribution in [2.75, 3.05) is 0 Å². The Balaban J connectivity index is 1.33. The summed E-state index contributed by atoms with van der Waals surface area (Å²) in [4.78, 5) is 0. The monoisotopic (exact) mass is 630 g/mol. The van der Waals surface area contributed by atoms with E-state index in [-0.39, 0.29) is 0 Å². The molecule has 0 fully saturated rings. The SMILES string of the molecule is [B]c1ccc2c(c1)c1cc([Si](C)(C)c3ccc4c(c3)c3cc(Br)ccc3n4-c3ccccc3)ccc1n2-c1ccccc1. The summed E-state index contributed by atoms with van der Waals surface area (Å²) in [6, 6.07) is 48.3. The first-order chi connectivity index (χ1) is 20.9. The first kappa shape index (κ1) is 26.3. The highest BCUT2D eigenvalue weighted by molar-refractivity contribution is 9.10. The standard InChI is InChI=1S/C38H28BBrN2Si/c1-43(2,29-15-19-37-33(23-29)31-21-25(39)13-17-35(31)41(37)27-9-5-3-6-10-27)30-16-20-38-34(24-30)32-22-26(40)14-18-36(32)42(38)28-11-7-4-8-12-28/h3-24H,1-2H3. The topological polar surface area (TPSA) is 9.86 Å². The second-order valence-corrected chi connectivity index (χ2v) is 17.2. The molecule has 5 heteroatoms. The molecule has 0 atom stereocenters. The third-order valence-corrected chi connectivity index (χ3v) is 13.0. The van der Waals surface area contributed by atoms with Crippen LogP contribution in [0.1, 0.15) is 0 Å². The molecule has 0 N–H and O–H groups in total. The van der Waals surface area contributed by atoms with E-state index in [1.165, 1.54) is 59.7 Å². The highest BCUT2D eigenvalue weighted by Crippen LogP contribution is 2.34. The Labute approximate surface area is 261 Å². The van der Waals surface area contributed by atoms with Crippen molar-refractivity contribution in [2.24, 2.45) is 0 Å². The molecule has 0 unspecified atom stereocenters. The summed E-state index contributed by atoms with van der Waals surface area (Å²) in [6.07, 6.45) is 0. The van der Waals surface area contributed by atoms with E-state index in [1.54, 1.807) is 0 Å². The lowest BCUT2D eigenvalue weighted by atomic mass is 9.94. The summed E-state index contributed by atoms with van der Waals surface area (Å²) in [5.74, 6) is 0. The number of fused-ring (bicyclic) bond motifs is 6. The molecule has 0 amide bonds. The van der Waals surface area contributed by atoms with Gasteiger partial charge in [-0.3, -0.25) is 0 Å². The minimum atomic E-state index is -2.09. The molecule has 0 saturated heterocycles. The van der Waals surface area contributed by atoms with Gasteiger partial charge in [-0.25, -0.2) is 0 Å². The van der Waals surface area contributed by atoms with Gasteiger partial charge >= 0.3 is 0 Å². The van der Waals surface area contributed by atoms with Crippen LogP contribution in [0, 0.1) is 0 Å². The van der Waals surface area contributed by atoms with Crippen LogP contribution in [0.5, 0.6) is 0 Å². The fourth-order valence-corrected chi connectivity index (χ4v) is 9.40. The van der Waals surface area contributed by atoms with Gasteiger partial charge in [-0.15, -0.1) is 0 Å². The molecule has 0 bridgehead atoms. The normalized spacial score (nSPS) is 12.2. The molecule has 43 heavy (non-hydrogen) atoms. The van der Waals surface area contributed by atoms with Gasteiger partial charge in [0.15, 0.2) is 0 Å². The van der Waals surface area contributed by atoms with Crippen LogP contribution < -0.4 is 15.8 Å². The molecule has 8 rings (SSSR count). The Hall–Kier alpha value is -4.32. The Morgan fingerprint density at radius 1 is 0.488 bits per heavy atom. The van der Waals surface area contributed by atoms with Crippen LogP contribution in [0.4, 0.5) is 0 Å². The quantitative estimate of drug-likeness (QED) is 0.173. The number of nitrogens with zero attached hydrogens (tertiary/aromatic N) is 2. The zero-order chi connectivity index (χ0) is 29.3. The summed E-state index contributed by atoms with van der Waals surface area (Å²) < 4.78 is 5.82. The van der Waals surface area contributed by atoms with Crippen LogP contribution in [0.3, 0.4) is 0 Å². The molecule has 0 aliphatic carbocycles. The maximum Gasteiger partial charge on any atom is 0.113 e. The fraction of sp³-hybridized carbons (Fsp3) is 0.0526. The highest BCUT2D eigenvalue weighted by atomic mass is 79.9. The average Bonchev–Trinajstić information content (AvgIpc) is 3.53. The van der Waals surface area contributed by atoms with Gasteiger partial charge in [0.1, 0.15) is 15.9 Å². The Bertz CT molecular complexity index is 2170. The molecule has 2 aromatic heterocycles. The molecule has 6 aromatic carbocycles. The molecule has 0 saturated carbocycles. The Kier molecular flexibility index (Phi) is 6.04. The van der Waals surface area contributed by atoms with E-state index in [0.717, 1.165) is 15.6 Å². The van der Waals surface area contributed by atoms with Crippen molar-refractivity contribution in [3.05, 3.63) is 138 Å². The lowest BCUT2D eigenvalue weighted by Gasteiger charge is -2.24. The van der Waals surface area contributed by atoms with Gasteiger partial charge in [-0.1, -0.05) is 118 Å². The molecule has 0 aliphatic rings. The number of para-hydroxylation sites is 2. The average molecular weight is 631 g/mol. The Morgan fingerprint density at radius 2 is 0.907 bits per heavy atom. The van der Waals surface area contributed by atoms with Gasteiger partial charge in [0.2, 0.25) is 0 Å². The molecule has 2 nitrogen and oxygen atoms in total. The van der Waals surface area contributed by atoms with Crippen molar-refractivity contribution in [3.8, 4) is 11.4 Å². The van der Waals surface area contributed by atoms with E-state index in [0.29, 0.717) is 0 Å². The van der Waals surface area contributed by atoms with Gasteiger partial charge in [-0.05, 0) is 60.7 Å². The van der Waals surface area contributed by atoms with Crippen LogP contribution in [0.25, 0.3) is 55.0 Å². The minimum absolute atomic E-state index is 0.785. The predicted octanol–water partition coefficient (Wildman–Crippen LogP) is 8.26. The van der Waals surface area contributed by atoms with Gasteiger partial charge in [0.25, 0.3) is 0 Å². The summed E-state index contributed by atoms with van der Waals surface area (Å²) in [6.45, 7) is 4.93. The van der Waals surface area contributed by atoms with Gasteiger partial charge in [0, 0.05) is 37.4 Å². The van der Waals surface area contributed by atoms with Gasteiger partial charge in [-0.2, -0.15) is 0 Å². The predicted molar refractivity (Wildman–Crippen MR) is 191 cm³/mol. The van der Waals surface area contributed by atoms with Crippen molar-refractivity contribution in [1.29, 1.82) is 0 Å². The van der Waals surface area contributed by atoms with Crippen molar-refractivity contribution in [3.63, 3.8) is 0 Å². The van der Waals surface area contributed by atoms with Crippen LogP contribution in [-0.4, -0.2) is 25.1 Å². The van der Waals surface area contributed by atoms with Gasteiger partial charge in [0.05, 0.1) is 22.1 Å². The number of benzene rings is 6. The summed E-state index contributed by atoms with van der Waals surface area (Å²) in [5.41, 5.74) is 7.93. The van der Waals surface area contributed by atoms with E-state index in [4.69, 9.17) is 7.85 Å². The van der Waals surface area contributed by atoms with E-state index in [2.05, 4.69) is 166 Å². The second kappa shape index (κ2) is 9.87. The first-order valence-corrected chi connectivity index (χ1v) is 18.4. The second-order valence-electron chi connectivity index (χ2n) is 11.9. The summed E-state index contributed by atoms with van der Waals surface area (Å²) in [7, 11) is 4.23. The van der Waals surface area contributed by atoms with Crippen LogP contribution in [0.15, 0.2) is 138 Å². The maximum atomic E-state index is 6.32. The molecule has 2 heterocycles. The molecule has 0 spiro atoms. The lowest BCUT2D eigenvalue weighted by Crippen LogP contribution is -2.52. The number of halogens is 1. The molecule has 204 valence electrons. The highest BCUT2D eigenvalue weighted by Gasteiger charge is 2.28. The largest absolute Gasteiger partial charge is 0.309 e. The van der Waals surface area contributed by atoms with Crippen molar-refractivity contribution < 1.29 is 0 Å². The molecule has 2 radical (unpaired) electrons. The lowest BCUT2D eigenvalue weighted by molar-refractivity contribution is 1.18. The minimum Gasteiger partial charge on any atom is -0.309 e. The first-order valence-electron chi connectivity index (χ1n) is 14.6. The zero-order valence-corrected chi connectivity index (χ0v) is 26.6. The van der Waals surface area contributed by atoms with E-state index < -0.39 is 8.07 Å². The molecular weight excluding hydrogens is 603 g/mol. The number of hydrogen-bond donors (Lipinski definition) is 0. The van der Waals surface area contributed by atoms with Crippen LogP contribution >= 0.6 is 15.9 Å². The van der Waals surface area contributed by atoms with E-state index in [1.807, 2.05) is 6.07 Å². The molecule has 0 aliphatic heterocycles. The van der Waals surface area contributed by atoms with E-state index >= 15 is 0 Å². The van der Waals surface area contributed by atoms with Crippen LogP contribution in [0.2, 0.25) is 13.1 Å². The number of aromatic nitrogens is 2. The summed E-state index contributed by atoms with van der Waals surface area (Å²) >= 11 is 3.73. The maximum absolute atomic E-state index is 6.32. The smallest absolute Gasteiger partial charge is 0.113 e. The van der Waals surface area contributed by atoms with E-state index in [9.17, 15) is 0 Å². The molecule has 8 aromatic rings. The third kappa shape index (κ3) is 4.14. The summed E-state index contributed by atoms with van der Waals surface area (Å²) in [5, 5.41) is 7.80. The molecular formula is C38H28BBrN2Si. The zero-order valence-electron chi connectivity index (χ0n) is 24.1. The van der Waals surface area contributed by atoms with Crippen LogP contribution in [-0.2, 0) is 0 Å². The Morgan fingerprint density at radius 3 is 1.42 bits per heavy atom. The number of hydrogen-bond acceptors (Lipinski definition) is 0. The van der Waals surface area contributed by atoms with Crippen molar-refractivity contribution in [1.82, 2.24) is 9.13 Å². The third-order valence-electron chi connectivity index (χ3n) is 8.99. The number of rotatable bonds is 4. The van der Waals surface area contributed by atoms with Crippen molar-refractivity contribution >= 4 is 91.3 Å². The van der Waals surface area contributed by atoms with Crippen molar-refractivity contribution in [2.45, 2.75) is 13.1 Å². The fourth-order valence-electron chi connectivity index (χ4n) is 6.69. The van der Waals surface area contributed by atoms with Gasteiger partial charge < -0.3 is 9.13 Å².